The highest BCUT2D eigenvalue weighted by atomic mass is 32.1. The lowest BCUT2D eigenvalue weighted by atomic mass is 9.89. The molecule has 7 unspecified atom stereocenters. The van der Waals surface area contributed by atoms with Crippen molar-refractivity contribution < 1.29 is 14.4 Å². The summed E-state index contributed by atoms with van der Waals surface area (Å²) in [6.07, 6.45) is 35.8. The Labute approximate surface area is 899 Å². The summed E-state index contributed by atoms with van der Waals surface area (Å²) in [5.74, 6) is 5.28. The van der Waals surface area contributed by atoms with Gasteiger partial charge in [0.15, 0.2) is 50.3 Å². The van der Waals surface area contributed by atoms with E-state index < -0.39 is 17.7 Å². The van der Waals surface area contributed by atoms with Crippen LogP contribution in [0.4, 0.5) is 30.4 Å². The highest BCUT2D eigenvalue weighted by Gasteiger charge is 2.41. The number of carbonyl (C=O) groups excluding carboxylic acids is 3. The molecule has 0 saturated heterocycles. The lowest BCUT2D eigenvalue weighted by Crippen LogP contribution is -2.34. The number of aliphatic imine (C=N–C) groups is 3. The Morgan fingerprint density at radius 3 is 0.919 bits per heavy atom. The van der Waals surface area contributed by atoms with E-state index in [1.54, 1.807) is 47.9 Å². The largest absolute Gasteiger partial charge is 0.347 e. The Hall–Kier alpha value is -10.9. The number of carbonyl (C=O) groups is 3. The molecule has 0 spiro atoms. The summed E-state index contributed by atoms with van der Waals surface area (Å²) in [6.45, 7) is 61.8. The fraction of sp³-hybridized carbons (Fsp3) is 0.603. The number of allylic oxidation sites excluding steroid dienone is 6. The molecule has 9 aromatic rings. The van der Waals surface area contributed by atoms with Crippen LogP contribution >= 0.6 is 34.0 Å². The number of aryl methyl sites for hydroxylation is 3. The number of fused-ring (bicyclic) bond motifs is 3. The zero-order valence-corrected chi connectivity index (χ0v) is 97.1. The molecule has 3 aliphatic rings. The van der Waals surface area contributed by atoms with Gasteiger partial charge in [-0.2, -0.15) is 29.8 Å². The normalized spacial score (nSPS) is 15.5. The maximum atomic E-state index is 13.9. The second-order valence-electron chi connectivity index (χ2n) is 43.1. The van der Waals surface area contributed by atoms with Crippen molar-refractivity contribution in [2.75, 3.05) is 54.0 Å². The van der Waals surface area contributed by atoms with Crippen LogP contribution < -0.4 is 14.7 Å². The predicted octanol–water partition coefficient (Wildman–Crippen LogP) is 32.5. The minimum atomic E-state index is -0.466. The molecule has 3 aliphatic heterocycles. The molecule has 7 atom stereocenters. The molecule has 24 nitrogen and oxygen atoms in total. The Kier molecular flexibility index (Phi) is 46.5. The van der Waals surface area contributed by atoms with Crippen molar-refractivity contribution >= 4 is 99.3 Å². The summed E-state index contributed by atoms with van der Waals surface area (Å²) in [7, 11) is 0. The van der Waals surface area contributed by atoms with Crippen molar-refractivity contribution in [3.8, 4) is 52.0 Å². The van der Waals surface area contributed by atoms with Crippen LogP contribution in [0.25, 0.3) is 33.8 Å². The van der Waals surface area contributed by atoms with Gasteiger partial charge in [0, 0.05) is 89.4 Å². The van der Waals surface area contributed by atoms with Crippen molar-refractivity contribution in [2.24, 2.45) is 50.5 Å². The van der Waals surface area contributed by atoms with Gasteiger partial charge in [0.05, 0.1) is 0 Å². The molecule has 0 bridgehead atoms. The van der Waals surface area contributed by atoms with Gasteiger partial charge in [0.2, 0.25) is 0 Å². The third kappa shape index (κ3) is 30.5. The summed E-state index contributed by atoms with van der Waals surface area (Å²) in [5, 5.41) is 49.7. The van der Waals surface area contributed by atoms with Crippen molar-refractivity contribution in [3.63, 3.8) is 0 Å². The molecule has 27 heteroatoms. The summed E-state index contributed by atoms with van der Waals surface area (Å²) < 4.78 is 3.88. The molecule has 0 fully saturated rings. The first-order valence-electron chi connectivity index (χ1n) is 56.4. The van der Waals surface area contributed by atoms with Crippen molar-refractivity contribution in [1.29, 1.82) is 15.8 Å². The van der Waals surface area contributed by atoms with Gasteiger partial charge in [-0.15, -0.1) is 15.3 Å². The van der Waals surface area contributed by atoms with Crippen LogP contribution in [0.3, 0.4) is 0 Å². The van der Waals surface area contributed by atoms with Gasteiger partial charge in [-0.05, 0) is 141 Å². The van der Waals surface area contributed by atoms with Crippen LogP contribution in [0, 0.1) is 90.3 Å². The van der Waals surface area contributed by atoms with E-state index in [9.17, 15) is 30.2 Å². The van der Waals surface area contributed by atoms with Crippen molar-refractivity contribution in [3.05, 3.63) is 158 Å². The zero-order chi connectivity index (χ0) is 108. The molecule has 148 heavy (non-hydrogen) atoms. The van der Waals surface area contributed by atoms with E-state index in [-0.39, 0.29) is 33.5 Å². The van der Waals surface area contributed by atoms with E-state index in [1.165, 1.54) is 146 Å². The fourth-order valence-electron chi connectivity index (χ4n) is 19.3. The van der Waals surface area contributed by atoms with E-state index in [2.05, 4.69) is 261 Å². The second kappa shape index (κ2) is 57.9. The zero-order valence-electron chi connectivity index (χ0n) is 94.7. The number of nitriles is 3. The Morgan fingerprint density at radius 2 is 0.628 bits per heavy atom. The third-order valence-electron chi connectivity index (χ3n) is 30.1. The van der Waals surface area contributed by atoms with Crippen LogP contribution in [0.2, 0.25) is 0 Å². The molecule has 0 N–H and O–H groups in total. The van der Waals surface area contributed by atoms with Gasteiger partial charge in [-0.25, -0.2) is 44.9 Å². The Bertz CT molecular complexity index is 6120. The molecule has 0 radical (unpaired) electrons. The monoisotopic (exact) mass is 2060 g/mol. The number of thiazole rings is 3. The van der Waals surface area contributed by atoms with E-state index in [4.69, 9.17) is 50.0 Å². The van der Waals surface area contributed by atoms with E-state index in [0.29, 0.717) is 111 Å². The second-order valence-corrected chi connectivity index (χ2v) is 46.0. The van der Waals surface area contributed by atoms with Crippen LogP contribution in [-0.4, -0.2) is 133 Å². The number of hydrogen-bond acceptors (Lipinski definition) is 24. The molecule has 0 amide bonds. The highest BCUT2D eigenvalue weighted by molar-refractivity contribution is 7.20. The van der Waals surface area contributed by atoms with Gasteiger partial charge in [-0.3, -0.25) is 14.4 Å². The summed E-state index contributed by atoms with van der Waals surface area (Å²) in [5.41, 5.74) is 11.7. The minimum absolute atomic E-state index is 0.0354. The predicted molar refractivity (Wildman–Crippen MR) is 617 cm³/mol. The van der Waals surface area contributed by atoms with Gasteiger partial charge in [0.25, 0.3) is 17.7 Å². The van der Waals surface area contributed by atoms with Crippen molar-refractivity contribution in [1.82, 2.24) is 59.2 Å². The average Bonchev–Trinajstić information content (AvgIpc) is 1.60. The number of nitrogens with zero attached hydrogens (tertiary/aromatic N) is 21. The molecule has 798 valence electrons. The number of aromatic nitrogens is 12. The van der Waals surface area contributed by atoms with Crippen molar-refractivity contribution in [2.45, 2.75) is 402 Å². The standard InChI is InChI=1S/C44H65N7OS.C39H55N7OS.C38H53N7OS/c1-9-16-20-32(13-5)29-50(30-33(14-6)21-17-10-2)44-47-38(35-26-24-31(8)25-27-35)42(53-44)46-39-36(23-19-12-4)37(28-45)43(52)51-41(39)48-40(49-51)34(15-7)22-18-11-3;1-10-15-17-28(12-3)24-45(25-29(13-4)18-16-11-2)38-42-33(30-21-19-26(6)20-22-30)35(48-38)41-32-27(7)31(23-40)36(47)46-34(32)43-37(44-46)39(8,9)14-5;1-10-14-16-27(12-3)23-44(24-28(13-4)17-15-11-2)37-41-32(29-20-18-25(5)19-21-29)34(47-37)40-31-26(6)30(22-39)35(46)45-33(31)42-36(43-45)38(7,8)9/h24-27,32-34H,9-23,29-30H2,1-8H3;19-22,28-29H,10-18,24-25H2,1-9H3;18-21,27-28H,10-17,23-24H2,1-9H3. The van der Waals surface area contributed by atoms with E-state index in [0.717, 1.165) is 187 Å². The first-order chi connectivity index (χ1) is 71.2. The van der Waals surface area contributed by atoms with Crippen LogP contribution in [-0.2, 0) is 10.8 Å². The van der Waals surface area contributed by atoms with Crippen LogP contribution in [0.1, 0.15) is 437 Å². The summed E-state index contributed by atoms with van der Waals surface area (Å²) in [4.78, 5) is 95.1. The topological polar surface area (TPSA) is 300 Å². The maximum absolute atomic E-state index is 13.9. The Balaban J connectivity index is 0.000000228. The van der Waals surface area contributed by atoms with E-state index >= 15 is 0 Å². The minimum Gasteiger partial charge on any atom is -0.347 e. The number of anilines is 3. The fourth-order valence-corrected chi connectivity index (χ4v) is 22.3. The molecule has 12 rings (SSSR count). The Morgan fingerprint density at radius 1 is 0.345 bits per heavy atom. The quantitative estimate of drug-likeness (QED) is 0.0342. The number of benzene rings is 3. The van der Waals surface area contributed by atoms with Gasteiger partial charge in [0.1, 0.15) is 84.1 Å². The number of rotatable bonds is 55. The molecule has 6 aromatic heterocycles. The average molecular weight is 2070 g/mol. The van der Waals surface area contributed by atoms with Gasteiger partial charge >= 0.3 is 0 Å². The molecule has 9 heterocycles. The molecular weight excluding hydrogens is 1890 g/mol. The molecular formula is C121H173N21O3S3. The summed E-state index contributed by atoms with van der Waals surface area (Å²) >= 11 is 4.82. The van der Waals surface area contributed by atoms with Gasteiger partial charge in [-0.1, -0.05) is 404 Å². The lowest BCUT2D eigenvalue weighted by Gasteiger charge is -2.30. The number of unbranched alkanes of at least 4 members (excludes halogenated alkanes) is 8. The first kappa shape index (κ1) is 119. The third-order valence-corrected chi connectivity index (χ3v) is 33.2. The molecule has 0 aliphatic carbocycles. The number of hydrogen-bond donors (Lipinski definition) is 0. The summed E-state index contributed by atoms with van der Waals surface area (Å²) in [6, 6.07) is 31.8. The first-order valence-corrected chi connectivity index (χ1v) is 58.9. The lowest BCUT2D eigenvalue weighted by molar-refractivity contribution is 0.0933. The molecule has 0 saturated carbocycles. The smallest absolute Gasteiger partial charge is 0.291 e. The van der Waals surface area contributed by atoms with E-state index in [1.807, 2.05) is 20.8 Å². The molecule has 3 aromatic carbocycles. The van der Waals surface area contributed by atoms with Crippen LogP contribution in [0.15, 0.2) is 121 Å². The van der Waals surface area contributed by atoms with Crippen LogP contribution in [0.5, 0.6) is 0 Å². The highest BCUT2D eigenvalue weighted by Crippen LogP contribution is 2.48. The SMILES string of the molecule is CCCCC(CC)CN(CC(CC)CCCC)c1nc(-c2ccc(C)cc2)c(N=C2C(C)=C(C#N)C(=O)n3nc(C(C)(C)C)nc32)s1.CCCCC(CC)CN(CC(CC)CCCC)c1nc(-c2ccc(C)cc2)c(N=C2C(C)=C(C#N)C(=O)n3nc(C(C)(C)CC)nc32)s1.CCCCC1=C(C#N)C(=O)n2nc(C(CC)CCCC)nc2C1=Nc1sc(N(CC(CC)CCCC)CC(CC)CCCC)nc1-c1ccc(C)cc1. The maximum Gasteiger partial charge on any atom is 0.291 e. The van der Waals surface area contributed by atoms with Gasteiger partial charge < -0.3 is 14.7 Å².